The Morgan fingerprint density at radius 3 is 2.41 bits per heavy atom. The third-order valence-corrected chi connectivity index (χ3v) is 5.62. The van der Waals surface area contributed by atoms with Crippen LogP contribution in [-0.4, -0.2) is 34.9 Å². The average Bonchev–Trinajstić information content (AvgIpc) is 2.87. The molecular formula is C20H24N4O2S. The van der Waals surface area contributed by atoms with Gasteiger partial charge >= 0.3 is 0 Å². The van der Waals surface area contributed by atoms with E-state index in [1.54, 1.807) is 6.92 Å². The molecule has 6 nitrogen and oxygen atoms in total. The van der Waals surface area contributed by atoms with Crippen LogP contribution in [0.3, 0.4) is 0 Å². The summed E-state index contributed by atoms with van der Waals surface area (Å²) >= 11 is 1.26. The van der Waals surface area contributed by atoms with Crippen molar-refractivity contribution in [3.63, 3.8) is 0 Å². The first-order chi connectivity index (χ1) is 12.7. The van der Waals surface area contributed by atoms with Gasteiger partial charge in [-0.05, 0) is 58.5 Å². The largest absolute Gasteiger partial charge is 0.321 e. The molecule has 0 aliphatic heterocycles. The number of nitrogens with zero attached hydrogens (tertiary/aromatic N) is 2. The number of thiophene rings is 1. The van der Waals surface area contributed by atoms with Gasteiger partial charge in [0, 0.05) is 5.69 Å². The van der Waals surface area contributed by atoms with Crippen LogP contribution in [0.15, 0.2) is 16.9 Å². The van der Waals surface area contributed by atoms with Gasteiger partial charge in [0.25, 0.3) is 11.5 Å². The molecule has 0 unspecified atom stereocenters. The Morgan fingerprint density at radius 2 is 1.81 bits per heavy atom. The standard InChI is InChI=1S/C20H24N4O2S/c1-10-7-11(2)16(12(3)8-10)23-19(26)17-13(4)15-18(25)21-14(9-24(5)6)22-20(15)27-17/h7-8H,9H2,1-6H3,(H,23,26)(H,21,22,25). The maximum atomic E-state index is 12.9. The Bertz CT molecular complexity index is 1070. The highest BCUT2D eigenvalue weighted by Gasteiger charge is 2.20. The summed E-state index contributed by atoms with van der Waals surface area (Å²) in [7, 11) is 3.82. The number of aryl methyl sites for hydroxylation is 4. The molecule has 0 fully saturated rings. The minimum absolute atomic E-state index is 0.202. The Labute approximate surface area is 162 Å². The monoisotopic (exact) mass is 384 g/mol. The SMILES string of the molecule is Cc1cc(C)c(NC(=O)c2sc3nc(CN(C)C)[nH]c(=O)c3c2C)c(C)c1. The number of H-pyrrole nitrogens is 1. The van der Waals surface area contributed by atoms with E-state index >= 15 is 0 Å². The van der Waals surface area contributed by atoms with E-state index < -0.39 is 0 Å². The number of aromatic amines is 1. The van der Waals surface area contributed by atoms with Crippen molar-refractivity contribution in [2.24, 2.45) is 0 Å². The van der Waals surface area contributed by atoms with E-state index in [-0.39, 0.29) is 11.5 Å². The molecule has 0 aliphatic carbocycles. The maximum absolute atomic E-state index is 12.9. The molecule has 0 radical (unpaired) electrons. The van der Waals surface area contributed by atoms with Crippen LogP contribution >= 0.6 is 11.3 Å². The Balaban J connectivity index is 2.02. The zero-order chi connectivity index (χ0) is 19.9. The van der Waals surface area contributed by atoms with E-state index in [1.165, 1.54) is 11.3 Å². The second kappa shape index (κ2) is 7.25. The van der Waals surface area contributed by atoms with Gasteiger partial charge < -0.3 is 15.2 Å². The number of amides is 1. The summed E-state index contributed by atoms with van der Waals surface area (Å²) in [5.74, 6) is 0.384. The molecule has 3 rings (SSSR count). The van der Waals surface area contributed by atoms with Crippen molar-refractivity contribution in [1.82, 2.24) is 14.9 Å². The number of rotatable bonds is 4. The normalized spacial score (nSPS) is 11.4. The van der Waals surface area contributed by atoms with E-state index in [2.05, 4.69) is 15.3 Å². The summed E-state index contributed by atoms with van der Waals surface area (Å²) < 4.78 is 0. The summed E-state index contributed by atoms with van der Waals surface area (Å²) in [5, 5.41) is 3.50. The lowest BCUT2D eigenvalue weighted by Crippen LogP contribution is -2.18. The predicted octanol–water partition coefficient (Wildman–Crippen LogP) is 3.53. The van der Waals surface area contributed by atoms with Crippen LogP contribution in [0.2, 0.25) is 0 Å². The number of benzene rings is 1. The molecule has 2 heterocycles. The first kappa shape index (κ1) is 19.3. The molecule has 1 amide bonds. The summed E-state index contributed by atoms with van der Waals surface area (Å²) in [6, 6.07) is 4.08. The molecule has 0 atom stereocenters. The minimum Gasteiger partial charge on any atom is -0.321 e. The van der Waals surface area contributed by atoms with Gasteiger partial charge in [-0.25, -0.2) is 4.98 Å². The summed E-state index contributed by atoms with van der Waals surface area (Å²) in [6.07, 6.45) is 0. The van der Waals surface area contributed by atoms with E-state index in [0.717, 1.165) is 22.4 Å². The first-order valence-corrected chi connectivity index (χ1v) is 9.55. The van der Waals surface area contributed by atoms with Crippen molar-refractivity contribution in [2.75, 3.05) is 19.4 Å². The predicted molar refractivity (Wildman–Crippen MR) is 111 cm³/mol. The zero-order valence-electron chi connectivity index (χ0n) is 16.5. The Morgan fingerprint density at radius 1 is 1.19 bits per heavy atom. The quantitative estimate of drug-likeness (QED) is 0.721. The molecule has 142 valence electrons. The van der Waals surface area contributed by atoms with Crippen LogP contribution in [0.1, 0.15) is 37.7 Å². The van der Waals surface area contributed by atoms with Gasteiger partial charge in [0.1, 0.15) is 10.7 Å². The molecule has 0 aliphatic rings. The summed E-state index contributed by atoms with van der Waals surface area (Å²) in [5.41, 5.74) is 4.47. The van der Waals surface area contributed by atoms with Crippen LogP contribution in [0, 0.1) is 27.7 Å². The molecule has 1 aromatic carbocycles. The molecule has 2 N–H and O–H groups in total. The van der Waals surface area contributed by atoms with Gasteiger partial charge in [0.15, 0.2) is 0 Å². The van der Waals surface area contributed by atoms with Gasteiger partial charge in [0.05, 0.1) is 16.8 Å². The third-order valence-electron chi connectivity index (χ3n) is 4.44. The number of nitrogens with one attached hydrogen (secondary N) is 2. The number of hydrogen-bond acceptors (Lipinski definition) is 5. The second-order valence-corrected chi connectivity index (χ2v) is 8.21. The highest BCUT2D eigenvalue weighted by Crippen LogP contribution is 2.29. The van der Waals surface area contributed by atoms with Gasteiger partial charge in [-0.2, -0.15) is 0 Å². The van der Waals surface area contributed by atoms with Crippen LogP contribution in [0.25, 0.3) is 10.2 Å². The van der Waals surface area contributed by atoms with Crippen molar-refractivity contribution >= 4 is 33.1 Å². The maximum Gasteiger partial charge on any atom is 0.266 e. The lowest BCUT2D eigenvalue weighted by Gasteiger charge is -2.12. The van der Waals surface area contributed by atoms with E-state index in [9.17, 15) is 9.59 Å². The van der Waals surface area contributed by atoms with Gasteiger partial charge in [-0.3, -0.25) is 9.59 Å². The Kier molecular flexibility index (Phi) is 5.17. The molecule has 27 heavy (non-hydrogen) atoms. The number of anilines is 1. The average molecular weight is 385 g/mol. The number of carbonyl (C=O) groups is 1. The van der Waals surface area contributed by atoms with E-state index in [0.29, 0.717) is 33.0 Å². The lowest BCUT2D eigenvalue weighted by molar-refractivity contribution is 0.103. The number of fused-ring (bicyclic) bond motifs is 1. The molecule has 7 heteroatoms. The molecular weight excluding hydrogens is 360 g/mol. The number of hydrogen-bond donors (Lipinski definition) is 2. The van der Waals surface area contributed by atoms with Crippen LogP contribution < -0.4 is 10.9 Å². The molecule has 0 saturated heterocycles. The molecule has 0 spiro atoms. The van der Waals surface area contributed by atoms with Crippen molar-refractivity contribution in [2.45, 2.75) is 34.2 Å². The molecule has 2 aromatic heterocycles. The van der Waals surface area contributed by atoms with E-state index in [1.807, 2.05) is 51.9 Å². The van der Waals surface area contributed by atoms with Crippen LogP contribution in [0.5, 0.6) is 0 Å². The Hall–Kier alpha value is -2.51. The van der Waals surface area contributed by atoms with Crippen molar-refractivity contribution in [3.8, 4) is 0 Å². The highest BCUT2D eigenvalue weighted by molar-refractivity contribution is 7.20. The molecule has 0 saturated carbocycles. The van der Waals surface area contributed by atoms with Crippen LogP contribution in [-0.2, 0) is 6.54 Å². The fraction of sp³-hybridized carbons (Fsp3) is 0.350. The smallest absolute Gasteiger partial charge is 0.266 e. The third kappa shape index (κ3) is 3.79. The van der Waals surface area contributed by atoms with Crippen LogP contribution in [0.4, 0.5) is 5.69 Å². The number of carbonyl (C=O) groups excluding carboxylic acids is 1. The summed E-state index contributed by atoms with van der Waals surface area (Å²) in [6.45, 7) is 8.32. The van der Waals surface area contributed by atoms with Gasteiger partial charge in [-0.1, -0.05) is 17.7 Å². The minimum atomic E-state index is -0.209. The van der Waals surface area contributed by atoms with Crippen molar-refractivity contribution in [1.29, 1.82) is 0 Å². The van der Waals surface area contributed by atoms with Crippen molar-refractivity contribution < 1.29 is 4.79 Å². The lowest BCUT2D eigenvalue weighted by atomic mass is 10.0. The highest BCUT2D eigenvalue weighted by atomic mass is 32.1. The molecule has 0 bridgehead atoms. The van der Waals surface area contributed by atoms with Gasteiger partial charge in [-0.15, -0.1) is 11.3 Å². The van der Waals surface area contributed by atoms with E-state index in [4.69, 9.17) is 0 Å². The fourth-order valence-electron chi connectivity index (χ4n) is 3.33. The number of aromatic nitrogens is 2. The van der Waals surface area contributed by atoms with Gasteiger partial charge in [0.2, 0.25) is 0 Å². The first-order valence-electron chi connectivity index (χ1n) is 8.73. The topological polar surface area (TPSA) is 78.1 Å². The zero-order valence-corrected chi connectivity index (χ0v) is 17.3. The second-order valence-electron chi connectivity index (χ2n) is 7.21. The fourth-order valence-corrected chi connectivity index (χ4v) is 4.42. The molecule has 3 aromatic rings. The van der Waals surface area contributed by atoms with Crippen molar-refractivity contribution in [3.05, 3.63) is 55.4 Å². The summed E-state index contributed by atoms with van der Waals surface area (Å²) in [4.78, 5) is 35.8.